The summed E-state index contributed by atoms with van der Waals surface area (Å²) in [6, 6.07) is 0. The molecule has 0 spiro atoms. The highest BCUT2D eigenvalue weighted by Gasteiger charge is 2.12. The molecule has 1 atom stereocenters. The Morgan fingerprint density at radius 1 is 1.59 bits per heavy atom. The Labute approximate surface area is 98.0 Å². The van der Waals surface area contributed by atoms with Crippen molar-refractivity contribution >= 4 is 11.6 Å². The molecular weight excluding hydrogens is 228 g/mol. The van der Waals surface area contributed by atoms with E-state index < -0.39 is 11.0 Å². The molecule has 1 N–H and O–H groups in total. The highest BCUT2D eigenvalue weighted by Crippen LogP contribution is 2.10. The molecule has 0 bridgehead atoms. The van der Waals surface area contributed by atoms with Gasteiger partial charge in [-0.1, -0.05) is 0 Å². The van der Waals surface area contributed by atoms with E-state index in [-0.39, 0.29) is 18.8 Å². The normalized spacial score (nSPS) is 12.2. The summed E-state index contributed by atoms with van der Waals surface area (Å²) in [5.74, 6) is 0.311. The van der Waals surface area contributed by atoms with E-state index in [0.717, 1.165) is 12.4 Å². The van der Waals surface area contributed by atoms with Crippen LogP contribution in [0.5, 0.6) is 0 Å². The van der Waals surface area contributed by atoms with Gasteiger partial charge in [-0.25, -0.2) is 9.97 Å². The van der Waals surface area contributed by atoms with Crippen molar-refractivity contribution in [3.63, 3.8) is 0 Å². The molecule has 0 saturated heterocycles. The molecule has 0 amide bonds. The summed E-state index contributed by atoms with van der Waals surface area (Å²) in [5, 5.41) is 19.9. The van der Waals surface area contributed by atoms with E-state index in [4.69, 9.17) is 4.74 Å². The standard InChI is InChI=1S/C9H14N4O4/c1-12(5-8(14)6-17-2)9-10-3-7(4-11-9)13(15)16/h3-4,8,14H,5-6H2,1-2H3. The quantitative estimate of drug-likeness (QED) is 0.545. The number of likely N-dealkylation sites (N-methyl/N-ethyl adjacent to an activating group) is 1. The second-order valence-corrected chi connectivity index (χ2v) is 3.49. The Morgan fingerprint density at radius 2 is 2.18 bits per heavy atom. The van der Waals surface area contributed by atoms with Gasteiger partial charge in [0.2, 0.25) is 5.95 Å². The van der Waals surface area contributed by atoms with E-state index in [2.05, 4.69) is 9.97 Å². The highest BCUT2D eigenvalue weighted by molar-refractivity contribution is 5.32. The van der Waals surface area contributed by atoms with E-state index >= 15 is 0 Å². The first kappa shape index (κ1) is 13.3. The fourth-order valence-corrected chi connectivity index (χ4v) is 1.25. The number of hydrogen-bond acceptors (Lipinski definition) is 7. The zero-order chi connectivity index (χ0) is 12.8. The Balaban J connectivity index is 2.63. The Kier molecular flexibility index (Phi) is 4.73. The maximum Gasteiger partial charge on any atom is 0.305 e. The minimum absolute atomic E-state index is 0.167. The maximum absolute atomic E-state index is 10.4. The van der Waals surface area contributed by atoms with Crippen molar-refractivity contribution in [1.29, 1.82) is 0 Å². The molecule has 1 aromatic rings. The summed E-state index contributed by atoms with van der Waals surface area (Å²) in [6.07, 6.45) is 1.59. The van der Waals surface area contributed by atoms with Crippen LogP contribution in [0, 0.1) is 10.1 Å². The molecule has 0 fully saturated rings. The number of nitro groups is 1. The zero-order valence-electron chi connectivity index (χ0n) is 9.61. The number of rotatable bonds is 6. The van der Waals surface area contributed by atoms with E-state index in [9.17, 15) is 15.2 Å². The van der Waals surface area contributed by atoms with Crippen LogP contribution in [-0.4, -0.2) is 53.4 Å². The maximum atomic E-state index is 10.4. The number of aliphatic hydroxyl groups excluding tert-OH is 1. The summed E-state index contributed by atoms with van der Waals surface area (Å²) < 4.78 is 4.78. The van der Waals surface area contributed by atoms with Gasteiger partial charge in [0.05, 0.1) is 17.6 Å². The van der Waals surface area contributed by atoms with Gasteiger partial charge in [0, 0.05) is 20.7 Å². The molecule has 0 aliphatic rings. The largest absolute Gasteiger partial charge is 0.389 e. The van der Waals surface area contributed by atoms with Crippen LogP contribution in [0.2, 0.25) is 0 Å². The van der Waals surface area contributed by atoms with Gasteiger partial charge in [0.25, 0.3) is 0 Å². The number of ether oxygens (including phenoxy) is 1. The Bertz CT molecular complexity index is 370. The van der Waals surface area contributed by atoms with Crippen molar-refractivity contribution in [2.75, 3.05) is 32.2 Å². The number of aromatic nitrogens is 2. The number of aliphatic hydroxyl groups is 1. The average molecular weight is 242 g/mol. The predicted molar refractivity (Wildman–Crippen MR) is 59.8 cm³/mol. The molecule has 0 aliphatic carbocycles. The molecule has 8 heteroatoms. The van der Waals surface area contributed by atoms with Crippen molar-refractivity contribution in [3.8, 4) is 0 Å². The summed E-state index contributed by atoms with van der Waals surface area (Å²) in [6.45, 7) is 0.489. The van der Waals surface area contributed by atoms with Crippen molar-refractivity contribution < 1.29 is 14.8 Å². The first-order chi connectivity index (χ1) is 8.04. The van der Waals surface area contributed by atoms with E-state index in [0.29, 0.717) is 5.95 Å². The molecule has 0 radical (unpaired) electrons. The molecule has 94 valence electrons. The fraction of sp³-hybridized carbons (Fsp3) is 0.556. The lowest BCUT2D eigenvalue weighted by atomic mass is 10.3. The monoisotopic (exact) mass is 242 g/mol. The van der Waals surface area contributed by atoms with E-state index in [1.807, 2.05) is 0 Å². The van der Waals surface area contributed by atoms with Gasteiger partial charge in [-0.15, -0.1) is 0 Å². The van der Waals surface area contributed by atoms with E-state index in [1.165, 1.54) is 7.11 Å². The van der Waals surface area contributed by atoms with Crippen LogP contribution in [0.25, 0.3) is 0 Å². The highest BCUT2D eigenvalue weighted by atomic mass is 16.6. The molecule has 1 unspecified atom stereocenters. The van der Waals surface area contributed by atoms with Gasteiger partial charge in [-0.2, -0.15) is 0 Å². The van der Waals surface area contributed by atoms with Gasteiger partial charge in [0.1, 0.15) is 12.4 Å². The van der Waals surface area contributed by atoms with Crippen LogP contribution in [-0.2, 0) is 4.74 Å². The smallest absolute Gasteiger partial charge is 0.305 e. The lowest BCUT2D eigenvalue weighted by molar-refractivity contribution is -0.385. The summed E-state index contributed by atoms with van der Waals surface area (Å²) in [4.78, 5) is 19.1. The van der Waals surface area contributed by atoms with Crippen LogP contribution in [0.15, 0.2) is 12.4 Å². The van der Waals surface area contributed by atoms with Gasteiger partial charge >= 0.3 is 5.69 Å². The third-order valence-corrected chi connectivity index (χ3v) is 2.02. The van der Waals surface area contributed by atoms with Crippen LogP contribution >= 0.6 is 0 Å². The summed E-state index contributed by atoms with van der Waals surface area (Å²) in [7, 11) is 3.17. The van der Waals surface area contributed by atoms with Gasteiger partial charge < -0.3 is 14.7 Å². The molecule has 1 aromatic heterocycles. The third kappa shape index (κ3) is 3.93. The zero-order valence-corrected chi connectivity index (χ0v) is 9.61. The second kappa shape index (κ2) is 6.06. The minimum atomic E-state index is -0.663. The van der Waals surface area contributed by atoms with Crippen LogP contribution in [0.4, 0.5) is 11.6 Å². The van der Waals surface area contributed by atoms with Crippen molar-refractivity contribution in [2.24, 2.45) is 0 Å². The lowest BCUT2D eigenvalue weighted by Gasteiger charge is -2.19. The Hall–Kier alpha value is -1.80. The third-order valence-electron chi connectivity index (χ3n) is 2.02. The molecule has 1 heterocycles. The Morgan fingerprint density at radius 3 is 2.65 bits per heavy atom. The number of anilines is 1. The fourth-order valence-electron chi connectivity index (χ4n) is 1.25. The molecule has 8 nitrogen and oxygen atoms in total. The van der Waals surface area contributed by atoms with Gasteiger partial charge in [-0.3, -0.25) is 10.1 Å². The van der Waals surface area contributed by atoms with Crippen LogP contribution in [0.1, 0.15) is 0 Å². The molecule has 0 aromatic carbocycles. The van der Waals surface area contributed by atoms with E-state index in [1.54, 1.807) is 11.9 Å². The number of methoxy groups -OCH3 is 1. The molecule has 0 aliphatic heterocycles. The molecule has 1 rings (SSSR count). The van der Waals surface area contributed by atoms with Gasteiger partial charge in [0.15, 0.2) is 0 Å². The van der Waals surface area contributed by atoms with Crippen molar-refractivity contribution in [1.82, 2.24) is 9.97 Å². The van der Waals surface area contributed by atoms with Crippen molar-refractivity contribution in [3.05, 3.63) is 22.5 Å². The summed E-state index contributed by atoms with van der Waals surface area (Å²) in [5.41, 5.74) is -0.167. The average Bonchev–Trinajstić information content (AvgIpc) is 2.29. The topological polar surface area (TPSA) is 102 Å². The number of hydrogen-bond donors (Lipinski definition) is 1. The van der Waals surface area contributed by atoms with Crippen molar-refractivity contribution in [2.45, 2.75) is 6.10 Å². The SMILES string of the molecule is COCC(O)CN(C)c1ncc([N+](=O)[O-])cn1. The second-order valence-electron chi connectivity index (χ2n) is 3.49. The van der Waals surface area contributed by atoms with Gasteiger partial charge in [-0.05, 0) is 0 Å². The molecule has 17 heavy (non-hydrogen) atoms. The predicted octanol–water partition coefficient (Wildman–Crippen LogP) is -0.172. The lowest BCUT2D eigenvalue weighted by Crippen LogP contribution is -2.32. The van der Waals surface area contributed by atoms with Crippen LogP contribution < -0.4 is 4.90 Å². The first-order valence-electron chi connectivity index (χ1n) is 4.89. The first-order valence-corrected chi connectivity index (χ1v) is 4.89. The minimum Gasteiger partial charge on any atom is -0.389 e. The molecular formula is C9H14N4O4. The van der Waals surface area contributed by atoms with Crippen LogP contribution in [0.3, 0.4) is 0 Å². The number of nitrogens with zero attached hydrogens (tertiary/aromatic N) is 4. The molecule has 0 saturated carbocycles. The summed E-state index contributed by atoms with van der Waals surface area (Å²) >= 11 is 0.